The maximum absolute atomic E-state index is 13.0. The third-order valence-electron chi connectivity index (χ3n) is 4.39. The zero-order chi connectivity index (χ0) is 19.0. The zero-order valence-electron chi connectivity index (χ0n) is 14.6. The van der Waals surface area contributed by atoms with Gasteiger partial charge in [0, 0.05) is 12.9 Å². The molecule has 1 fully saturated rings. The van der Waals surface area contributed by atoms with Crippen molar-refractivity contribution in [2.75, 3.05) is 24.3 Å². The molecule has 1 saturated heterocycles. The van der Waals surface area contributed by atoms with E-state index in [1.165, 1.54) is 28.9 Å². The first-order valence-corrected chi connectivity index (χ1v) is 12.1. The number of hydrogen-bond donors (Lipinski definition) is 0. The number of nitrogens with zero attached hydrogens (tertiary/aromatic N) is 2. The number of carbonyl (C=O) groups is 1. The molecule has 6 nitrogen and oxygen atoms in total. The first kappa shape index (κ1) is 18.5. The van der Waals surface area contributed by atoms with Gasteiger partial charge in [-0.3, -0.25) is 9.69 Å². The van der Waals surface area contributed by atoms with E-state index in [0.717, 1.165) is 17.5 Å². The number of amides is 1. The van der Waals surface area contributed by atoms with Gasteiger partial charge in [0.15, 0.2) is 15.0 Å². The van der Waals surface area contributed by atoms with Crippen LogP contribution in [0.4, 0.5) is 5.13 Å². The Hall–Kier alpha value is -1.81. The van der Waals surface area contributed by atoms with Crippen LogP contribution < -0.4 is 4.90 Å². The molecule has 2 aromatic heterocycles. The minimum absolute atomic E-state index is 0.00694. The van der Waals surface area contributed by atoms with Crippen molar-refractivity contribution in [2.24, 2.45) is 0 Å². The number of thiazole rings is 1. The van der Waals surface area contributed by atoms with Crippen molar-refractivity contribution in [3.63, 3.8) is 0 Å². The normalized spacial score (nSPS) is 17.4. The molecule has 1 aromatic carbocycles. The Morgan fingerprint density at radius 3 is 2.89 bits per heavy atom. The predicted molar refractivity (Wildman–Crippen MR) is 108 cm³/mol. The smallest absolute Gasteiger partial charge is 0.270 e. The third-order valence-corrected chi connectivity index (χ3v) is 7.40. The van der Waals surface area contributed by atoms with Gasteiger partial charge in [0.05, 0.1) is 32.6 Å². The van der Waals surface area contributed by atoms with Crippen molar-refractivity contribution in [3.05, 3.63) is 40.6 Å². The Kier molecular flexibility index (Phi) is 5.02. The van der Waals surface area contributed by atoms with Crippen LogP contribution >= 0.6 is 22.7 Å². The second kappa shape index (κ2) is 7.31. The Bertz CT molecular complexity index is 1070. The maximum Gasteiger partial charge on any atom is 0.270 e. The van der Waals surface area contributed by atoms with Gasteiger partial charge in [-0.2, -0.15) is 0 Å². The summed E-state index contributed by atoms with van der Waals surface area (Å²) in [6.07, 6.45) is 3.08. The standard InChI is InChI=1S/C18H18N2O4S3/c1-27(22,23)13-6-7-14-16(10-13)26-18(19-14)20(11-12-4-2-8-24-12)17(21)15-5-3-9-25-15/h3,5-7,9-10,12H,2,4,8,11H2,1H3/t12-/m1/s1. The zero-order valence-corrected chi connectivity index (χ0v) is 17.1. The molecule has 0 spiro atoms. The monoisotopic (exact) mass is 422 g/mol. The van der Waals surface area contributed by atoms with Crippen molar-refractivity contribution < 1.29 is 17.9 Å². The highest BCUT2D eigenvalue weighted by atomic mass is 32.2. The molecule has 3 heterocycles. The van der Waals surface area contributed by atoms with E-state index in [1.54, 1.807) is 29.2 Å². The maximum atomic E-state index is 13.0. The number of sulfone groups is 1. The average Bonchev–Trinajstić information content (AvgIpc) is 3.38. The molecule has 1 aliphatic rings. The number of anilines is 1. The van der Waals surface area contributed by atoms with Crippen molar-refractivity contribution in [1.82, 2.24) is 4.98 Å². The number of aromatic nitrogens is 1. The summed E-state index contributed by atoms with van der Waals surface area (Å²) in [6, 6.07) is 8.49. The number of rotatable bonds is 5. The number of thiophene rings is 1. The lowest BCUT2D eigenvalue weighted by Crippen LogP contribution is -2.37. The van der Waals surface area contributed by atoms with E-state index in [2.05, 4.69) is 4.98 Å². The molecule has 1 aliphatic heterocycles. The van der Waals surface area contributed by atoms with Gasteiger partial charge in [-0.25, -0.2) is 13.4 Å². The topological polar surface area (TPSA) is 76.6 Å². The second-order valence-corrected chi connectivity index (χ2v) is 10.4. The highest BCUT2D eigenvalue weighted by molar-refractivity contribution is 7.90. The van der Waals surface area contributed by atoms with Gasteiger partial charge in [0.1, 0.15) is 0 Å². The molecule has 0 radical (unpaired) electrons. The summed E-state index contributed by atoms with van der Waals surface area (Å²) >= 11 is 2.71. The molecular formula is C18H18N2O4S3. The van der Waals surface area contributed by atoms with E-state index >= 15 is 0 Å². The number of hydrogen-bond acceptors (Lipinski definition) is 7. The van der Waals surface area contributed by atoms with Gasteiger partial charge in [0.25, 0.3) is 5.91 Å². The van der Waals surface area contributed by atoms with Gasteiger partial charge >= 0.3 is 0 Å². The van der Waals surface area contributed by atoms with Crippen molar-refractivity contribution in [2.45, 2.75) is 23.8 Å². The number of carbonyl (C=O) groups excluding carboxylic acids is 1. The molecule has 1 atom stereocenters. The first-order chi connectivity index (χ1) is 12.9. The van der Waals surface area contributed by atoms with Crippen molar-refractivity contribution >= 4 is 53.8 Å². The number of benzene rings is 1. The number of ether oxygens (including phenoxy) is 1. The number of fused-ring (bicyclic) bond motifs is 1. The highest BCUT2D eigenvalue weighted by Gasteiger charge is 2.27. The van der Waals surface area contributed by atoms with Crippen LogP contribution in [0, 0.1) is 0 Å². The molecule has 0 unspecified atom stereocenters. The molecule has 9 heteroatoms. The van der Waals surface area contributed by atoms with Gasteiger partial charge in [-0.05, 0) is 42.5 Å². The summed E-state index contributed by atoms with van der Waals surface area (Å²) < 4.78 is 30.1. The summed E-state index contributed by atoms with van der Waals surface area (Å²) in [6.45, 7) is 1.15. The quantitative estimate of drug-likeness (QED) is 0.628. The summed E-state index contributed by atoms with van der Waals surface area (Å²) in [7, 11) is -3.30. The minimum Gasteiger partial charge on any atom is -0.376 e. The lowest BCUT2D eigenvalue weighted by Gasteiger charge is -2.22. The van der Waals surface area contributed by atoms with Crippen LogP contribution in [0.15, 0.2) is 40.6 Å². The SMILES string of the molecule is CS(=O)(=O)c1ccc2nc(N(C[C@H]3CCCO3)C(=O)c3cccs3)sc2c1. The van der Waals surface area contributed by atoms with E-state index in [9.17, 15) is 13.2 Å². The van der Waals surface area contributed by atoms with E-state index in [1.807, 2.05) is 11.4 Å². The van der Waals surface area contributed by atoms with Gasteiger partial charge in [-0.15, -0.1) is 11.3 Å². The average molecular weight is 423 g/mol. The van der Waals surface area contributed by atoms with Crippen LogP contribution in [-0.4, -0.2) is 44.8 Å². The molecular weight excluding hydrogens is 404 g/mol. The highest BCUT2D eigenvalue weighted by Crippen LogP contribution is 2.32. The summed E-state index contributed by atoms with van der Waals surface area (Å²) in [5.74, 6) is -0.108. The summed E-state index contributed by atoms with van der Waals surface area (Å²) in [4.78, 5) is 20.2. The van der Waals surface area contributed by atoms with Crippen LogP contribution in [0.25, 0.3) is 10.2 Å². The molecule has 0 N–H and O–H groups in total. The van der Waals surface area contributed by atoms with Gasteiger partial charge < -0.3 is 4.74 Å². The molecule has 3 aromatic rings. The molecule has 0 aliphatic carbocycles. The van der Waals surface area contributed by atoms with Crippen molar-refractivity contribution in [1.29, 1.82) is 0 Å². The fourth-order valence-corrected chi connectivity index (χ4v) is 5.42. The van der Waals surface area contributed by atoms with Gasteiger partial charge in [0.2, 0.25) is 0 Å². The molecule has 4 rings (SSSR count). The minimum atomic E-state index is -3.30. The second-order valence-electron chi connectivity index (χ2n) is 6.43. The Balaban J connectivity index is 1.73. The summed E-state index contributed by atoms with van der Waals surface area (Å²) in [5.41, 5.74) is 0.679. The molecule has 142 valence electrons. The van der Waals surface area contributed by atoms with Gasteiger partial charge in [-0.1, -0.05) is 17.4 Å². The molecule has 0 saturated carbocycles. The first-order valence-electron chi connectivity index (χ1n) is 8.49. The molecule has 0 bridgehead atoms. The van der Waals surface area contributed by atoms with Crippen LogP contribution in [0.1, 0.15) is 22.5 Å². The fraction of sp³-hybridized carbons (Fsp3) is 0.333. The third kappa shape index (κ3) is 3.91. The van der Waals surface area contributed by atoms with Crippen LogP contribution in [0.3, 0.4) is 0 Å². The van der Waals surface area contributed by atoms with E-state index in [4.69, 9.17) is 4.74 Å². The largest absolute Gasteiger partial charge is 0.376 e. The molecule has 1 amide bonds. The van der Waals surface area contributed by atoms with E-state index < -0.39 is 9.84 Å². The lowest BCUT2D eigenvalue weighted by atomic mass is 10.2. The van der Waals surface area contributed by atoms with E-state index in [0.29, 0.717) is 28.7 Å². The fourth-order valence-electron chi connectivity index (χ4n) is 3.01. The summed E-state index contributed by atoms with van der Waals surface area (Å²) in [5, 5.41) is 2.43. The van der Waals surface area contributed by atoms with Crippen LogP contribution in [0.2, 0.25) is 0 Å². The van der Waals surface area contributed by atoms with Crippen molar-refractivity contribution in [3.8, 4) is 0 Å². The van der Waals surface area contributed by atoms with Crippen LogP contribution in [-0.2, 0) is 14.6 Å². The Labute approximate surface area is 165 Å². The van der Waals surface area contributed by atoms with Crippen LogP contribution in [0.5, 0.6) is 0 Å². The van der Waals surface area contributed by atoms with E-state index in [-0.39, 0.29) is 16.9 Å². The predicted octanol–water partition coefficient (Wildman–Crippen LogP) is 3.59. The lowest BCUT2D eigenvalue weighted by molar-refractivity contribution is 0.0920. The Morgan fingerprint density at radius 1 is 1.37 bits per heavy atom. The Morgan fingerprint density at radius 2 is 2.22 bits per heavy atom. The molecule has 27 heavy (non-hydrogen) atoms.